The fraction of sp³-hybridized carbons (Fsp3) is 0.370. The number of hydrogen-bond donors (Lipinski definition) is 3. The molecular formula is C54H58N10O10S2. The van der Waals surface area contributed by atoms with E-state index in [4.69, 9.17) is 14.6 Å². The number of nitrogens with zero attached hydrogens (tertiary/aromatic N) is 7. The Morgan fingerprint density at radius 1 is 0.605 bits per heavy atom. The molecule has 0 radical (unpaired) electrons. The van der Waals surface area contributed by atoms with Gasteiger partial charge in [-0.15, -0.1) is 0 Å². The van der Waals surface area contributed by atoms with E-state index in [9.17, 15) is 36.0 Å². The minimum Gasteiger partial charge on any atom is -0.445 e. The molecule has 396 valence electrons. The number of rotatable bonds is 11. The summed E-state index contributed by atoms with van der Waals surface area (Å²) in [5.41, 5.74) is 13.8. The van der Waals surface area contributed by atoms with Crippen molar-refractivity contribution in [2.75, 3.05) is 31.5 Å². The third kappa shape index (κ3) is 11.6. The van der Waals surface area contributed by atoms with E-state index in [0.717, 1.165) is 97.8 Å². The highest BCUT2D eigenvalue weighted by molar-refractivity contribution is 7.90. The third-order valence-corrected chi connectivity index (χ3v) is 16.7. The topological polar surface area (TPSA) is 260 Å². The van der Waals surface area contributed by atoms with E-state index in [2.05, 4.69) is 37.4 Å². The van der Waals surface area contributed by atoms with Gasteiger partial charge in [0.05, 0.1) is 17.8 Å². The van der Waals surface area contributed by atoms with Gasteiger partial charge in [0, 0.05) is 44.3 Å². The molecular weight excluding hydrogens is 1010 g/mol. The molecule has 4 aromatic carbocycles. The number of aryl methyl sites for hydroxylation is 4. The molecule has 4 aliphatic carbocycles. The molecule has 0 unspecified atom stereocenters. The first kappa shape index (κ1) is 51.8. The second-order valence-corrected chi connectivity index (χ2v) is 22.9. The number of amides is 4. The van der Waals surface area contributed by atoms with Gasteiger partial charge in [0.15, 0.2) is 10.1 Å². The Bertz CT molecular complexity index is 3370. The van der Waals surface area contributed by atoms with Crippen LogP contribution in [0.2, 0.25) is 0 Å². The van der Waals surface area contributed by atoms with E-state index in [1.165, 1.54) is 83.7 Å². The van der Waals surface area contributed by atoms with Crippen molar-refractivity contribution in [3.05, 3.63) is 153 Å². The average molecular weight is 1070 g/mol. The Labute approximate surface area is 440 Å². The molecule has 2 fully saturated rings. The van der Waals surface area contributed by atoms with E-state index < -0.39 is 38.3 Å². The van der Waals surface area contributed by atoms with Crippen LogP contribution in [0.1, 0.15) is 93.4 Å². The summed E-state index contributed by atoms with van der Waals surface area (Å²) < 4.78 is 63.8. The van der Waals surface area contributed by atoms with E-state index in [1.54, 1.807) is 12.3 Å². The van der Waals surface area contributed by atoms with Crippen LogP contribution in [0, 0.1) is 0 Å². The molecule has 6 aliphatic rings. The molecule has 0 spiro atoms. The number of urea groups is 1. The zero-order valence-electron chi connectivity index (χ0n) is 41.7. The van der Waals surface area contributed by atoms with Crippen LogP contribution in [0.25, 0.3) is 0 Å². The Morgan fingerprint density at radius 2 is 1.03 bits per heavy atom. The molecule has 20 nitrogen and oxygen atoms in total. The highest BCUT2D eigenvalue weighted by atomic mass is 32.2. The van der Waals surface area contributed by atoms with E-state index in [-0.39, 0.29) is 35.3 Å². The summed E-state index contributed by atoms with van der Waals surface area (Å²) in [4.78, 5) is 54.5. The van der Waals surface area contributed by atoms with Crippen LogP contribution < -0.4 is 15.2 Å². The highest BCUT2D eigenvalue weighted by Gasteiger charge is 2.36. The van der Waals surface area contributed by atoms with Crippen LogP contribution in [0.4, 0.5) is 25.8 Å². The number of aromatic nitrogens is 4. The van der Waals surface area contributed by atoms with Crippen molar-refractivity contribution in [3.8, 4) is 0 Å². The Balaban J connectivity index is 0.000000145. The SMILES string of the molecule is NS(=O)(=O)c1ccn(C2CN(C(=O)OCc3ccccc3)C2)n1.O=C(Nc1c2c(cc3c1CCC3)CCC2)NS(=O)(=O)c1ccn(C2CN(C(=O)OCc3ccccc3)C2)n1.O=C=Nc1c2c(cc3c1CCC3)CCC2. The number of carbonyl (C=O) groups is 3. The standard InChI is InChI=1S/C27H29N5O5S.C14H16N4O4S.C13H13NO/c33-26(28-25-22-10-4-8-19(22)14-20-9-5-11-23(20)25)30-38(35,36)24-12-13-32(29-24)21-15-31(16-21)27(34)37-17-18-6-2-1-3-7-18;15-23(20,21)13-6-7-18(16-13)12-8-17(9-12)14(19)22-10-11-4-2-1-3-5-11;15-8-14-13-11-5-1-3-9(11)7-10-4-2-6-12(10)13/h1-3,6-7,12-14,21H,4-5,8-11,15-17H2,(H2,28,30,33);1-7,12H,8-10H2,(H2,15,20,21);7H,1-6H2. The van der Waals surface area contributed by atoms with Gasteiger partial charge in [0.2, 0.25) is 6.08 Å². The summed E-state index contributed by atoms with van der Waals surface area (Å²) in [5, 5.41) is 15.5. The summed E-state index contributed by atoms with van der Waals surface area (Å²) in [7, 11) is -7.98. The minimum absolute atomic E-state index is 0.0743. The first-order valence-electron chi connectivity index (χ1n) is 25.5. The fourth-order valence-electron chi connectivity index (χ4n) is 10.8. The van der Waals surface area contributed by atoms with Gasteiger partial charge in [-0.05, 0) is 145 Å². The molecule has 2 saturated heterocycles. The number of primary sulfonamides is 1. The molecule has 4 amide bonds. The monoisotopic (exact) mass is 1070 g/mol. The van der Waals surface area contributed by atoms with E-state index >= 15 is 0 Å². The molecule has 0 bridgehead atoms. The van der Waals surface area contributed by atoms with Crippen LogP contribution in [-0.2, 0) is 98.9 Å². The van der Waals surface area contributed by atoms with Gasteiger partial charge in [-0.2, -0.15) is 23.6 Å². The summed E-state index contributed by atoms with van der Waals surface area (Å²) >= 11 is 0. The van der Waals surface area contributed by atoms with Crippen molar-refractivity contribution in [3.63, 3.8) is 0 Å². The predicted octanol–water partition coefficient (Wildman–Crippen LogP) is 6.92. The number of benzene rings is 4. The molecule has 0 saturated carbocycles. The van der Waals surface area contributed by atoms with Crippen molar-refractivity contribution in [2.24, 2.45) is 10.1 Å². The average Bonchev–Trinajstić information content (AvgIpc) is 4.25. The van der Waals surface area contributed by atoms with Crippen LogP contribution >= 0.6 is 0 Å². The van der Waals surface area contributed by atoms with Crippen molar-refractivity contribution in [2.45, 2.75) is 112 Å². The molecule has 76 heavy (non-hydrogen) atoms. The van der Waals surface area contributed by atoms with Crippen molar-refractivity contribution < 1.29 is 45.5 Å². The Morgan fingerprint density at radius 3 is 1.46 bits per heavy atom. The summed E-state index contributed by atoms with van der Waals surface area (Å²) in [5.74, 6) is 0. The lowest BCUT2D eigenvalue weighted by Gasteiger charge is -2.38. The lowest BCUT2D eigenvalue weighted by atomic mass is 9.99. The largest absolute Gasteiger partial charge is 0.445 e. The molecule has 6 aromatic rings. The lowest BCUT2D eigenvalue weighted by molar-refractivity contribution is 0.0489. The molecule has 4 heterocycles. The first-order chi connectivity index (χ1) is 36.7. The quantitative estimate of drug-likeness (QED) is 0.0883. The van der Waals surface area contributed by atoms with Crippen LogP contribution in [0.5, 0.6) is 0 Å². The van der Waals surface area contributed by atoms with Gasteiger partial charge < -0.3 is 24.6 Å². The highest BCUT2D eigenvalue weighted by Crippen LogP contribution is 2.41. The summed E-state index contributed by atoms with van der Waals surface area (Å²) in [6.45, 7) is 1.95. The maximum Gasteiger partial charge on any atom is 0.410 e. The van der Waals surface area contributed by atoms with E-state index in [1.807, 2.05) is 60.7 Å². The predicted molar refractivity (Wildman–Crippen MR) is 278 cm³/mol. The van der Waals surface area contributed by atoms with Gasteiger partial charge in [0.25, 0.3) is 20.0 Å². The van der Waals surface area contributed by atoms with Crippen LogP contribution in [-0.4, -0.2) is 96.7 Å². The molecule has 2 aliphatic heterocycles. The van der Waals surface area contributed by atoms with Crippen molar-refractivity contribution in [1.82, 2.24) is 34.1 Å². The zero-order valence-corrected chi connectivity index (χ0v) is 43.4. The molecule has 22 heteroatoms. The summed E-state index contributed by atoms with van der Waals surface area (Å²) in [6, 6.07) is 25.1. The third-order valence-electron chi connectivity index (χ3n) is 14.7. The number of carbonyl (C=O) groups excluding carboxylic acids is 4. The number of nitrogens with one attached hydrogen (secondary N) is 2. The molecule has 2 aromatic heterocycles. The van der Waals surface area contributed by atoms with Crippen LogP contribution in [0.15, 0.2) is 112 Å². The molecule has 0 atom stereocenters. The van der Waals surface area contributed by atoms with Crippen LogP contribution in [0.3, 0.4) is 0 Å². The smallest absolute Gasteiger partial charge is 0.410 e. The second-order valence-electron chi connectivity index (χ2n) is 19.7. The summed E-state index contributed by atoms with van der Waals surface area (Å²) in [6.07, 6.45) is 16.7. The fourth-order valence-corrected chi connectivity index (χ4v) is 12.1. The number of isocyanates is 1. The number of hydrogen-bond acceptors (Lipinski definition) is 13. The molecule has 4 N–H and O–H groups in total. The van der Waals surface area contributed by atoms with Gasteiger partial charge in [-0.3, -0.25) is 9.36 Å². The van der Waals surface area contributed by atoms with Gasteiger partial charge in [-0.1, -0.05) is 72.8 Å². The number of aliphatic imine (C=N–C) groups is 1. The number of fused-ring (bicyclic) bond motifs is 4. The maximum absolute atomic E-state index is 12.9. The van der Waals surface area contributed by atoms with Crippen molar-refractivity contribution in [1.29, 1.82) is 0 Å². The first-order valence-corrected chi connectivity index (χ1v) is 28.5. The number of sulfonamides is 2. The van der Waals surface area contributed by atoms with Gasteiger partial charge in [-0.25, -0.2) is 37.5 Å². The zero-order chi connectivity index (χ0) is 53.0. The normalized spacial score (nSPS) is 16.2. The Hall–Kier alpha value is -7.65. The number of nitrogens with two attached hydrogens (primary N) is 1. The lowest BCUT2D eigenvalue weighted by Crippen LogP contribution is -2.51. The van der Waals surface area contributed by atoms with Crippen molar-refractivity contribution >= 4 is 55.7 Å². The van der Waals surface area contributed by atoms with Gasteiger partial charge in [0.1, 0.15) is 13.2 Å². The maximum atomic E-state index is 12.9. The number of ether oxygens (including phenoxy) is 2. The van der Waals surface area contributed by atoms with Gasteiger partial charge >= 0.3 is 18.2 Å². The Kier molecular flexibility index (Phi) is 15.2. The number of likely N-dealkylation sites (tertiary alicyclic amines) is 2. The number of anilines is 1. The van der Waals surface area contributed by atoms with E-state index in [0.29, 0.717) is 26.2 Å². The molecule has 12 rings (SSSR count). The second kappa shape index (κ2) is 22.3. The minimum atomic E-state index is -4.17.